The first-order valence-electron chi connectivity index (χ1n) is 6.20. The SMILES string of the molecule is CCN(CCNC(=O)c1cncc(Cl)n1)C1CC1. The molecule has 5 nitrogen and oxygen atoms in total. The van der Waals surface area contributed by atoms with Crippen LogP contribution in [0.1, 0.15) is 30.3 Å². The van der Waals surface area contributed by atoms with E-state index >= 15 is 0 Å². The predicted molar refractivity (Wildman–Crippen MR) is 69.6 cm³/mol. The van der Waals surface area contributed by atoms with E-state index in [-0.39, 0.29) is 16.8 Å². The lowest BCUT2D eigenvalue weighted by Gasteiger charge is -2.19. The predicted octanol–water partition coefficient (Wildman–Crippen LogP) is 1.34. The van der Waals surface area contributed by atoms with Gasteiger partial charge >= 0.3 is 0 Å². The van der Waals surface area contributed by atoms with E-state index in [9.17, 15) is 4.79 Å². The summed E-state index contributed by atoms with van der Waals surface area (Å²) in [5, 5.41) is 3.06. The van der Waals surface area contributed by atoms with Crippen LogP contribution in [-0.4, -0.2) is 46.5 Å². The Morgan fingerprint density at radius 2 is 2.33 bits per heavy atom. The number of amides is 1. The van der Waals surface area contributed by atoms with Crippen molar-refractivity contribution >= 4 is 17.5 Å². The van der Waals surface area contributed by atoms with Gasteiger partial charge in [-0.05, 0) is 19.4 Å². The van der Waals surface area contributed by atoms with E-state index < -0.39 is 0 Å². The quantitative estimate of drug-likeness (QED) is 0.846. The number of nitrogens with one attached hydrogen (secondary N) is 1. The summed E-state index contributed by atoms with van der Waals surface area (Å²) in [6.07, 6.45) is 5.38. The zero-order valence-electron chi connectivity index (χ0n) is 10.4. The average Bonchev–Trinajstić information content (AvgIpc) is 3.18. The molecule has 0 saturated heterocycles. The molecule has 0 bridgehead atoms. The largest absolute Gasteiger partial charge is 0.349 e. The summed E-state index contributed by atoms with van der Waals surface area (Å²) in [5.74, 6) is -0.225. The smallest absolute Gasteiger partial charge is 0.271 e. The molecular weight excluding hydrogens is 252 g/mol. The molecular formula is C12H17ClN4O. The van der Waals surface area contributed by atoms with E-state index in [4.69, 9.17) is 11.6 Å². The maximum Gasteiger partial charge on any atom is 0.271 e. The van der Waals surface area contributed by atoms with E-state index in [2.05, 4.69) is 27.1 Å². The third-order valence-electron chi connectivity index (χ3n) is 2.99. The van der Waals surface area contributed by atoms with E-state index in [1.165, 1.54) is 25.2 Å². The van der Waals surface area contributed by atoms with Gasteiger partial charge in [-0.15, -0.1) is 0 Å². The molecule has 1 aliphatic rings. The van der Waals surface area contributed by atoms with Gasteiger partial charge in [0.25, 0.3) is 5.91 Å². The van der Waals surface area contributed by atoms with Crippen molar-refractivity contribution in [3.63, 3.8) is 0 Å². The van der Waals surface area contributed by atoms with Gasteiger partial charge < -0.3 is 5.32 Å². The number of halogens is 1. The van der Waals surface area contributed by atoms with Gasteiger partial charge in [-0.3, -0.25) is 14.7 Å². The van der Waals surface area contributed by atoms with Crippen LogP contribution in [0.3, 0.4) is 0 Å². The summed E-state index contributed by atoms with van der Waals surface area (Å²) in [7, 11) is 0. The molecule has 18 heavy (non-hydrogen) atoms. The molecule has 1 heterocycles. The minimum Gasteiger partial charge on any atom is -0.349 e. The summed E-state index contributed by atoms with van der Waals surface area (Å²) in [4.78, 5) is 21.9. The second-order valence-electron chi connectivity index (χ2n) is 4.34. The van der Waals surface area contributed by atoms with Gasteiger partial charge in [0.05, 0.1) is 12.4 Å². The Kier molecular flexibility index (Phi) is 4.49. The van der Waals surface area contributed by atoms with Crippen molar-refractivity contribution in [2.45, 2.75) is 25.8 Å². The molecule has 1 fully saturated rings. The van der Waals surface area contributed by atoms with Crippen LogP contribution in [0.2, 0.25) is 5.15 Å². The molecule has 1 amide bonds. The molecule has 1 aromatic heterocycles. The van der Waals surface area contributed by atoms with Crippen LogP contribution < -0.4 is 5.32 Å². The highest BCUT2D eigenvalue weighted by molar-refractivity contribution is 6.29. The summed E-state index contributed by atoms with van der Waals surface area (Å²) in [5.41, 5.74) is 0.261. The summed E-state index contributed by atoms with van der Waals surface area (Å²) >= 11 is 5.68. The summed E-state index contributed by atoms with van der Waals surface area (Å²) in [6.45, 7) is 4.67. The monoisotopic (exact) mass is 268 g/mol. The number of carbonyl (C=O) groups is 1. The molecule has 6 heteroatoms. The number of aromatic nitrogens is 2. The normalized spacial score (nSPS) is 14.8. The van der Waals surface area contributed by atoms with Crippen LogP contribution >= 0.6 is 11.6 Å². The van der Waals surface area contributed by atoms with Crippen LogP contribution in [0.5, 0.6) is 0 Å². The van der Waals surface area contributed by atoms with Gasteiger partial charge in [-0.2, -0.15) is 0 Å². The maximum absolute atomic E-state index is 11.8. The summed E-state index contributed by atoms with van der Waals surface area (Å²) < 4.78 is 0. The number of hydrogen-bond donors (Lipinski definition) is 1. The van der Waals surface area contributed by atoms with Gasteiger partial charge in [0.2, 0.25) is 0 Å². The Balaban J connectivity index is 1.77. The molecule has 0 unspecified atom stereocenters. The van der Waals surface area contributed by atoms with Crippen molar-refractivity contribution in [1.82, 2.24) is 20.2 Å². The van der Waals surface area contributed by atoms with Crippen LogP contribution in [0.4, 0.5) is 0 Å². The maximum atomic E-state index is 11.8. The molecule has 1 saturated carbocycles. The van der Waals surface area contributed by atoms with Crippen LogP contribution in [0.25, 0.3) is 0 Å². The molecule has 1 N–H and O–H groups in total. The fourth-order valence-corrected chi connectivity index (χ4v) is 2.04. The molecule has 0 radical (unpaired) electrons. The fourth-order valence-electron chi connectivity index (χ4n) is 1.89. The number of rotatable bonds is 6. The third-order valence-corrected chi connectivity index (χ3v) is 3.17. The fraction of sp³-hybridized carbons (Fsp3) is 0.583. The molecule has 0 spiro atoms. The van der Waals surface area contributed by atoms with Gasteiger partial charge in [0, 0.05) is 19.1 Å². The second-order valence-corrected chi connectivity index (χ2v) is 4.73. The summed E-state index contributed by atoms with van der Waals surface area (Å²) in [6, 6.07) is 0.720. The van der Waals surface area contributed by atoms with Crippen LogP contribution in [0, 0.1) is 0 Å². The van der Waals surface area contributed by atoms with Gasteiger partial charge in [0.15, 0.2) is 0 Å². The van der Waals surface area contributed by atoms with E-state index in [0.29, 0.717) is 6.54 Å². The van der Waals surface area contributed by atoms with Gasteiger partial charge in [-0.1, -0.05) is 18.5 Å². The molecule has 1 aromatic rings. The van der Waals surface area contributed by atoms with Gasteiger partial charge in [0.1, 0.15) is 10.8 Å². The van der Waals surface area contributed by atoms with Crippen LogP contribution in [-0.2, 0) is 0 Å². The number of nitrogens with zero attached hydrogens (tertiary/aromatic N) is 3. The Morgan fingerprint density at radius 1 is 1.56 bits per heavy atom. The van der Waals surface area contributed by atoms with E-state index in [0.717, 1.165) is 19.1 Å². The minimum absolute atomic E-state index is 0.225. The molecule has 98 valence electrons. The first kappa shape index (κ1) is 13.2. The Labute approximate surface area is 112 Å². The molecule has 2 rings (SSSR count). The zero-order chi connectivity index (χ0) is 13.0. The molecule has 0 atom stereocenters. The van der Waals surface area contributed by atoms with Crippen molar-refractivity contribution in [3.05, 3.63) is 23.2 Å². The Bertz CT molecular complexity index is 422. The Morgan fingerprint density at radius 3 is 2.94 bits per heavy atom. The van der Waals surface area contributed by atoms with Crippen molar-refractivity contribution in [2.24, 2.45) is 0 Å². The Hall–Kier alpha value is -1.20. The van der Waals surface area contributed by atoms with Crippen LogP contribution in [0.15, 0.2) is 12.4 Å². The van der Waals surface area contributed by atoms with Crippen molar-refractivity contribution in [2.75, 3.05) is 19.6 Å². The molecule has 0 aliphatic heterocycles. The second kappa shape index (κ2) is 6.11. The number of likely N-dealkylation sites (N-methyl/N-ethyl adjacent to an activating group) is 1. The highest BCUT2D eigenvalue weighted by atomic mass is 35.5. The highest BCUT2D eigenvalue weighted by Gasteiger charge is 2.27. The standard InChI is InChI=1S/C12H17ClN4O/c1-2-17(9-3-4-9)6-5-15-12(18)10-7-14-8-11(13)16-10/h7-9H,2-6H2,1H3,(H,15,18). The van der Waals surface area contributed by atoms with Gasteiger partial charge in [-0.25, -0.2) is 4.98 Å². The number of carbonyl (C=O) groups excluding carboxylic acids is 1. The zero-order valence-corrected chi connectivity index (χ0v) is 11.2. The lowest BCUT2D eigenvalue weighted by molar-refractivity contribution is 0.0942. The van der Waals surface area contributed by atoms with Crippen molar-refractivity contribution in [1.29, 1.82) is 0 Å². The number of hydrogen-bond acceptors (Lipinski definition) is 4. The van der Waals surface area contributed by atoms with Crippen molar-refractivity contribution in [3.8, 4) is 0 Å². The first-order chi connectivity index (χ1) is 8.70. The molecule has 1 aliphatic carbocycles. The molecule has 0 aromatic carbocycles. The highest BCUT2D eigenvalue weighted by Crippen LogP contribution is 2.25. The van der Waals surface area contributed by atoms with E-state index in [1.54, 1.807) is 0 Å². The third kappa shape index (κ3) is 3.65. The van der Waals surface area contributed by atoms with Crippen molar-refractivity contribution < 1.29 is 4.79 Å². The lowest BCUT2D eigenvalue weighted by atomic mass is 10.4. The van der Waals surface area contributed by atoms with E-state index in [1.807, 2.05) is 0 Å². The lowest BCUT2D eigenvalue weighted by Crippen LogP contribution is -2.36. The average molecular weight is 269 g/mol. The minimum atomic E-state index is -0.225. The topological polar surface area (TPSA) is 58.1 Å². The first-order valence-corrected chi connectivity index (χ1v) is 6.58.